The average molecular weight is 148 g/mol. The van der Waals surface area contributed by atoms with E-state index in [1.165, 1.54) is 12.3 Å². The predicted octanol–water partition coefficient (Wildman–Crippen LogP) is -1.02. The molecule has 0 bridgehead atoms. The smallest absolute Gasteiger partial charge is 0.173 e. The fraction of sp³-hybridized carbons (Fsp3) is 0. The normalized spacial score (nSPS) is 9.09. The zero-order valence-corrected chi connectivity index (χ0v) is 5.65. The highest BCUT2D eigenvalue weighted by Crippen LogP contribution is 1.90. The Morgan fingerprint density at radius 1 is 1.73 bits per heavy atom. The first kappa shape index (κ1) is 7.33. The van der Waals surface area contributed by atoms with Crippen LogP contribution in [-0.4, -0.2) is 22.0 Å². The Kier molecular flexibility index (Phi) is 1.91. The van der Waals surface area contributed by atoms with Crippen LogP contribution in [0.5, 0.6) is 0 Å². The minimum absolute atomic E-state index is 0.143. The predicted molar refractivity (Wildman–Crippen MR) is 40.3 cm³/mol. The molecule has 0 fully saturated rings. The van der Waals surface area contributed by atoms with Crippen LogP contribution in [0, 0.1) is 5.41 Å². The van der Waals surface area contributed by atoms with Gasteiger partial charge in [0.1, 0.15) is 11.5 Å². The first-order valence-corrected chi connectivity index (χ1v) is 2.89. The summed E-state index contributed by atoms with van der Waals surface area (Å²) in [4.78, 5) is 7.40. The maximum atomic E-state index is 8.48. The van der Waals surface area contributed by atoms with Gasteiger partial charge in [0.25, 0.3) is 0 Å². The maximum absolute atomic E-state index is 8.48. The Bertz CT molecular complexity index is 293. The molecule has 0 unspecified atom stereocenters. The molecular weight excluding hydrogens is 142 g/mol. The van der Waals surface area contributed by atoms with Crippen molar-refractivity contribution in [3.8, 4) is 0 Å². The van der Waals surface area contributed by atoms with E-state index in [0.717, 1.165) is 6.21 Å². The summed E-state index contributed by atoms with van der Waals surface area (Å²) in [5.41, 5.74) is 5.44. The van der Waals surface area contributed by atoms with Crippen molar-refractivity contribution in [2.45, 2.75) is 0 Å². The fourth-order valence-corrected chi connectivity index (χ4v) is 0.586. The van der Waals surface area contributed by atoms with Gasteiger partial charge in [-0.3, -0.25) is 5.41 Å². The van der Waals surface area contributed by atoms with E-state index in [0.29, 0.717) is 5.69 Å². The second-order valence-electron chi connectivity index (χ2n) is 1.84. The first-order valence-electron chi connectivity index (χ1n) is 2.89. The Morgan fingerprint density at radius 3 is 3.00 bits per heavy atom. The molecule has 0 aromatic carbocycles. The number of aromatic nitrogens is 2. The minimum atomic E-state index is -0.143. The number of nitrogens with two attached hydrogens (primary N) is 1. The molecule has 1 aromatic rings. The van der Waals surface area contributed by atoms with Gasteiger partial charge in [0.05, 0.1) is 6.21 Å². The molecule has 0 saturated carbocycles. The van der Waals surface area contributed by atoms with Crippen molar-refractivity contribution >= 4 is 12.1 Å². The second kappa shape index (κ2) is 2.87. The number of nitrogen functional groups attached to an aromatic ring is 1. The van der Waals surface area contributed by atoms with Crippen LogP contribution >= 0.6 is 0 Å². The van der Waals surface area contributed by atoms with Gasteiger partial charge in [-0.15, -0.1) is 0 Å². The number of rotatable bonds is 2. The van der Waals surface area contributed by atoms with E-state index in [2.05, 4.69) is 9.97 Å². The summed E-state index contributed by atoms with van der Waals surface area (Å²) >= 11 is 0. The Balaban J connectivity index is 3.10. The summed E-state index contributed by atoms with van der Waals surface area (Å²) in [6, 6.07) is 1.50. The third-order valence-corrected chi connectivity index (χ3v) is 1.07. The number of hydrogen-bond acceptors (Lipinski definition) is 3. The lowest BCUT2D eigenvalue weighted by atomic mass is 10.4. The molecule has 5 heteroatoms. The number of nitrogens with zero attached hydrogens (tertiary/aromatic N) is 3. The van der Waals surface area contributed by atoms with Crippen LogP contribution in [-0.2, 0) is 0 Å². The van der Waals surface area contributed by atoms with Crippen LogP contribution in [0.25, 0.3) is 0 Å². The second-order valence-corrected chi connectivity index (χ2v) is 1.84. The average Bonchev–Trinajstić information content (AvgIpc) is 2.05. The number of hydrogen-bond donors (Lipinski definition) is 2. The molecule has 0 aliphatic carbocycles. The minimum Gasteiger partial charge on any atom is -0.382 e. The van der Waals surface area contributed by atoms with Gasteiger partial charge in [-0.2, -0.15) is 5.41 Å². The molecule has 0 aliphatic heterocycles. The van der Waals surface area contributed by atoms with Crippen molar-refractivity contribution in [2.75, 3.05) is 0 Å². The Morgan fingerprint density at radius 2 is 2.45 bits per heavy atom. The van der Waals surface area contributed by atoms with Gasteiger partial charge in [-0.05, 0) is 6.07 Å². The van der Waals surface area contributed by atoms with Gasteiger partial charge in [0, 0.05) is 6.20 Å². The van der Waals surface area contributed by atoms with Crippen molar-refractivity contribution in [3.05, 3.63) is 23.8 Å². The topological polar surface area (TPSA) is 98.0 Å². The van der Waals surface area contributed by atoms with Crippen LogP contribution in [0.4, 0.5) is 0 Å². The van der Waals surface area contributed by atoms with Crippen LogP contribution in [0.2, 0.25) is 0 Å². The van der Waals surface area contributed by atoms with Gasteiger partial charge in [-0.25, -0.2) is 9.97 Å². The molecular formula is C6H6N5. The molecule has 1 heterocycles. The standard InChI is InChI=1S/C6H6N5/c7-3-5-10-2-1-4(11-5)6(8)9/h1-3H,(H3,8,9). The highest BCUT2D eigenvalue weighted by molar-refractivity contribution is 5.93. The summed E-state index contributed by atoms with van der Waals surface area (Å²) < 4.78 is 0. The highest BCUT2D eigenvalue weighted by atomic mass is 14.9. The zero-order chi connectivity index (χ0) is 8.27. The molecule has 0 amide bonds. The zero-order valence-electron chi connectivity index (χ0n) is 5.65. The third-order valence-electron chi connectivity index (χ3n) is 1.07. The molecule has 0 atom stereocenters. The van der Waals surface area contributed by atoms with Crippen LogP contribution in [0.3, 0.4) is 0 Å². The molecule has 3 N–H and O–H groups in total. The largest absolute Gasteiger partial charge is 0.382 e. The highest BCUT2D eigenvalue weighted by Gasteiger charge is 1.98. The van der Waals surface area contributed by atoms with Crippen LogP contribution < -0.4 is 11.1 Å². The van der Waals surface area contributed by atoms with Crippen molar-refractivity contribution in [2.24, 2.45) is 5.73 Å². The van der Waals surface area contributed by atoms with Crippen LogP contribution in [0.1, 0.15) is 11.5 Å². The van der Waals surface area contributed by atoms with Gasteiger partial charge in [0.15, 0.2) is 5.82 Å². The summed E-state index contributed by atoms with van der Waals surface area (Å²) in [5.74, 6) is 0.00759. The van der Waals surface area contributed by atoms with Crippen molar-refractivity contribution in [1.82, 2.24) is 15.4 Å². The SMILES string of the molecule is [N]=Cc1nccc(C(=N)N)n1. The summed E-state index contributed by atoms with van der Waals surface area (Å²) in [7, 11) is 0. The molecule has 0 aliphatic rings. The molecule has 5 nitrogen and oxygen atoms in total. The third kappa shape index (κ3) is 1.57. The van der Waals surface area contributed by atoms with E-state index in [1.54, 1.807) is 0 Å². The molecule has 11 heavy (non-hydrogen) atoms. The van der Waals surface area contributed by atoms with E-state index < -0.39 is 0 Å². The quantitative estimate of drug-likeness (QED) is 0.414. The molecule has 55 valence electrons. The van der Waals surface area contributed by atoms with E-state index in [1.807, 2.05) is 0 Å². The van der Waals surface area contributed by atoms with Gasteiger partial charge in [0.2, 0.25) is 0 Å². The van der Waals surface area contributed by atoms with E-state index in [4.69, 9.17) is 16.6 Å². The summed E-state index contributed by atoms with van der Waals surface area (Å²) in [6.07, 6.45) is 2.18. The maximum Gasteiger partial charge on any atom is 0.173 e. The fourth-order valence-electron chi connectivity index (χ4n) is 0.586. The van der Waals surface area contributed by atoms with Crippen molar-refractivity contribution in [1.29, 1.82) is 5.41 Å². The number of nitrogens with one attached hydrogen (secondary N) is 1. The van der Waals surface area contributed by atoms with Gasteiger partial charge >= 0.3 is 0 Å². The van der Waals surface area contributed by atoms with Crippen LogP contribution in [0.15, 0.2) is 12.3 Å². The number of amidine groups is 1. The molecule has 0 saturated heterocycles. The molecule has 1 aromatic heterocycles. The van der Waals surface area contributed by atoms with E-state index >= 15 is 0 Å². The van der Waals surface area contributed by atoms with Gasteiger partial charge in [-0.1, -0.05) is 0 Å². The van der Waals surface area contributed by atoms with E-state index in [-0.39, 0.29) is 11.7 Å². The molecule has 0 spiro atoms. The summed E-state index contributed by atoms with van der Waals surface area (Å²) in [5, 5.41) is 15.5. The first-order chi connectivity index (χ1) is 5.24. The van der Waals surface area contributed by atoms with E-state index in [9.17, 15) is 0 Å². The van der Waals surface area contributed by atoms with Crippen molar-refractivity contribution in [3.63, 3.8) is 0 Å². The molecule has 1 radical (unpaired) electrons. The monoisotopic (exact) mass is 148 g/mol. The Hall–Kier alpha value is -1.78. The summed E-state index contributed by atoms with van der Waals surface area (Å²) in [6.45, 7) is 0. The van der Waals surface area contributed by atoms with Crippen molar-refractivity contribution < 1.29 is 0 Å². The lowest BCUT2D eigenvalue weighted by Gasteiger charge is -1.95. The lowest BCUT2D eigenvalue weighted by Crippen LogP contribution is -2.14. The lowest BCUT2D eigenvalue weighted by molar-refractivity contribution is 1.12. The van der Waals surface area contributed by atoms with Gasteiger partial charge < -0.3 is 5.73 Å². The molecule has 1 rings (SSSR count). The Labute approximate surface area is 63.3 Å².